The molecule has 3 heterocycles. The number of hydrogen-bond acceptors (Lipinski definition) is 6. The molecule has 38 heavy (non-hydrogen) atoms. The minimum absolute atomic E-state index is 0.0955. The quantitative estimate of drug-likeness (QED) is 0.181. The van der Waals surface area contributed by atoms with Crippen molar-refractivity contribution >= 4 is 17.5 Å². The van der Waals surface area contributed by atoms with E-state index in [0.29, 0.717) is 12.3 Å². The van der Waals surface area contributed by atoms with Gasteiger partial charge in [-0.2, -0.15) is 0 Å². The summed E-state index contributed by atoms with van der Waals surface area (Å²) in [6, 6.07) is 20.2. The van der Waals surface area contributed by atoms with Crippen molar-refractivity contribution in [3.8, 4) is 17.1 Å². The molecule has 2 aromatic heterocycles. The molecule has 1 fully saturated rings. The van der Waals surface area contributed by atoms with E-state index >= 15 is 0 Å². The SMILES string of the molecule is COc1ccccc1-c1nnc(SCC(=O)c2cc(C)n(CC3CCCO3)c2C)n1CCc1ccccc1. The molecule has 0 spiro atoms. The van der Waals surface area contributed by atoms with Gasteiger partial charge in [0.2, 0.25) is 0 Å². The third-order valence-corrected chi connectivity index (χ3v) is 8.12. The van der Waals surface area contributed by atoms with Crippen molar-refractivity contribution in [3.05, 3.63) is 83.2 Å². The first-order valence-corrected chi connectivity index (χ1v) is 14.1. The summed E-state index contributed by atoms with van der Waals surface area (Å²) in [4.78, 5) is 13.4. The third kappa shape index (κ3) is 5.71. The second-order valence-electron chi connectivity index (χ2n) is 9.64. The van der Waals surface area contributed by atoms with Gasteiger partial charge in [-0.1, -0.05) is 54.2 Å². The summed E-state index contributed by atoms with van der Waals surface area (Å²) >= 11 is 1.44. The lowest BCUT2D eigenvalue weighted by Crippen LogP contribution is -2.17. The zero-order valence-corrected chi connectivity index (χ0v) is 23.0. The second-order valence-corrected chi connectivity index (χ2v) is 10.6. The molecule has 0 N–H and O–H groups in total. The summed E-state index contributed by atoms with van der Waals surface area (Å²) in [5, 5.41) is 9.77. The number of carbonyl (C=O) groups excluding carboxylic acids is 1. The van der Waals surface area contributed by atoms with Crippen LogP contribution in [-0.4, -0.2) is 50.7 Å². The van der Waals surface area contributed by atoms with E-state index in [1.54, 1.807) is 7.11 Å². The molecule has 0 amide bonds. The number of nitrogens with zero attached hydrogens (tertiary/aromatic N) is 4. The molecule has 0 saturated carbocycles. The number of ether oxygens (including phenoxy) is 2. The van der Waals surface area contributed by atoms with Gasteiger partial charge in [0.15, 0.2) is 16.8 Å². The van der Waals surface area contributed by atoms with E-state index in [1.807, 2.05) is 55.5 Å². The van der Waals surface area contributed by atoms with E-state index in [2.05, 4.69) is 38.4 Å². The molecule has 8 heteroatoms. The lowest BCUT2D eigenvalue weighted by molar-refractivity contribution is 0.0957. The summed E-state index contributed by atoms with van der Waals surface area (Å²) in [6.45, 7) is 6.41. The Morgan fingerprint density at radius 3 is 2.63 bits per heavy atom. The highest BCUT2D eigenvalue weighted by molar-refractivity contribution is 7.99. The van der Waals surface area contributed by atoms with Crippen molar-refractivity contribution in [2.24, 2.45) is 0 Å². The van der Waals surface area contributed by atoms with E-state index in [4.69, 9.17) is 9.47 Å². The standard InChI is InChI=1S/C30H34N4O3S/c1-21-18-26(22(2)34(21)19-24-12-9-17-37-24)27(35)20-38-30-32-31-29(25-13-7-8-14-28(25)36-3)33(30)16-15-23-10-5-4-6-11-23/h4-8,10-11,13-14,18,24H,9,12,15-17,19-20H2,1-3H3. The molecule has 1 saturated heterocycles. The molecule has 1 unspecified atom stereocenters. The number of aryl methyl sites for hydroxylation is 2. The number of hydrogen-bond donors (Lipinski definition) is 0. The number of carbonyl (C=O) groups is 1. The number of rotatable bonds is 11. The Morgan fingerprint density at radius 1 is 1.08 bits per heavy atom. The Labute approximate surface area is 228 Å². The van der Waals surface area contributed by atoms with Crippen LogP contribution in [0.4, 0.5) is 0 Å². The molecule has 198 valence electrons. The summed E-state index contributed by atoms with van der Waals surface area (Å²) < 4.78 is 15.8. The maximum absolute atomic E-state index is 13.4. The number of aromatic nitrogens is 4. The Bertz CT molecular complexity index is 1390. The van der Waals surface area contributed by atoms with E-state index in [0.717, 1.165) is 71.7 Å². The van der Waals surface area contributed by atoms with Gasteiger partial charge >= 0.3 is 0 Å². The van der Waals surface area contributed by atoms with Gasteiger partial charge in [-0.25, -0.2) is 0 Å². The van der Waals surface area contributed by atoms with Crippen molar-refractivity contribution in [1.82, 2.24) is 19.3 Å². The number of ketones is 1. The third-order valence-electron chi connectivity index (χ3n) is 7.15. The van der Waals surface area contributed by atoms with Gasteiger partial charge in [-0.3, -0.25) is 4.79 Å². The molecular formula is C30H34N4O3S. The van der Waals surface area contributed by atoms with Crippen LogP contribution in [0, 0.1) is 13.8 Å². The van der Waals surface area contributed by atoms with Crippen LogP contribution in [0.5, 0.6) is 5.75 Å². The molecule has 0 bridgehead atoms. The van der Waals surface area contributed by atoms with Crippen LogP contribution in [0.1, 0.15) is 40.2 Å². The van der Waals surface area contributed by atoms with Gasteiger partial charge in [-0.05, 0) is 56.9 Å². The Hall–Kier alpha value is -3.36. The van der Waals surface area contributed by atoms with Crippen LogP contribution >= 0.6 is 11.8 Å². The minimum atomic E-state index is 0.0955. The van der Waals surface area contributed by atoms with Gasteiger partial charge in [0.05, 0.1) is 24.5 Å². The summed E-state index contributed by atoms with van der Waals surface area (Å²) in [5.41, 5.74) is 4.98. The first kappa shape index (κ1) is 26.3. The lowest BCUT2D eigenvalue weighted by atomic mass is 10.1. The van der Waals surface area contributed by atoms with E-state index in [-0.39, 0.29) is 11.9 Å². The molecule has 0 aliphatic carbocycles. The maximum Gasteiger partial charge on any atom is 0.191 e. The van der Waals surface area contributed by atoms with Crippen LogP contribution in [0.15, 0.2) is 65.8 Å². The summed E-state index contributed by atoms with van der Waals surface area (Å²) in [5.74, 6) is 1.87. The zero-order valence-electron chi connectivity index (χ0n) is 22.2. The predicted octanol–water partition coefficient (Wildman–Crippen LogP) is 5.77. The average Bonchev–Trinajstić information content (AvgIpc) is 3.67. The average molecular weight is 531 g/mol. The Kier molecular flexibility index (Phi) is 8.29. The molecule has 1 aliphatic rings. The van der Waals surface area contributed by atoms with Crippen molar-refractivity contribution in [1.29, 1.82) is 0 Å². The van der Waals surface area contributed by atoms with Crippen LogP contribution in [0.3, 0.4) is 0 Å². The number of para-hydroxylation sites is 1. The van der Waals surface area contributed by atoms with E-state index in [1.165, 1.54) is 17.3 Å². The second kappa shape index (κ2) is 12.0. The zero-order chi connectivity index (χ0) is 26.5. The number of Topliss-reactive ketones (excluding diaryl/α,β-unsaturated/α-hetero) is 1. The van der Waals surface area contributed by atoms with Gasteiger partial charge in [0, 0.05) is 36.6 Å². The largest absolute Gasteiger partial charge is 0.496 e. The molecule has 2 aromatic carbocycles. The van der Waals surface area contributed by atoms with Gasteiger partial charge < -0.3 is 18.6 Å². The van der Waals surface area contributed by atoms with Crippen LogP contribution in [0.25, 0.3) is 11.4 Å². The molecule has 4 aromatic rings. The number of methoxy groups -OCH3 is 1. The fourth-order valence-electron chi connectivity index (χ4n) is 5.08. The monoisotopic (exact) mass is 530 g/mol. The fraction of sp³-hybridized carbons (Fsp3) is 0.367. The maximum atomic E-state index is 13.4. The molecule has 1 atom stereocenters. The predicted molar refractivity (Wildman–Crippen MR) is 150 cm³/mol. The molecule has 1 aliphatic heterocycles. The van der Waals surface area contributed by atoms with Crippen molar-refractivity contribution in [3.63, 3.8) is 0 Å². The first-order chi connectivity index (χ1) is 18.5. The molecule has 7 nitrogen and oxygen atoms in total. The van der Waals surface area contributed by atoms with Crippen molar-refractivity contribution in [2.45, 2.75) is 57.5 Å². The summed E-state index contributed by atoms with van der Waals surface area (Å²) in [7, 11) is 1.66. The van der Waals surface area contributed by atoms with E-state index < -0.39 is 0 Å². The fourth-order valence-corrected chi connectivity index (χ4v) is 5.92. The highest BCUT2D eigenvalue weighted by atomic mass is 32.2. The van der Waals surface area contributed by atoms with Crippen molar-refractivity contribution < 1.29 is 14.3 Å². The van der Waals surface area contributed by atoms with Gasteiger partial charge in [0.1, 0.15) is 5.75 Å². The van der Waals surface area contributed by atoms with Gasteiger partial charge in [0.25, 0.3) is 0 Å². The first-order valence-electron chi connectivity index (χ1n) is 13.1. The molecule has 0 radical (unpaired) electrons. The van der Waals surface area contributed by atoms with Crippen LogP contribution in [-0.2, 0) is 24.2 Å². The highest BCUT2D eigenvalue weighted by Gasteiger charge is 2.23. The van der Waals surface area contributed by atoms with Crippen molar-refractivity contribution in [2.75, 3.05) is 19.5 Å². The summed E-state index contributed by atoms with van der Waals surface area (Å²) in [6.07, 6.45) is 3.23. The topological polar surface area (TPSA) is 71.2 Å². The lowest BCUT2D eigenvalue weighted by Gasteiger charge is -2.15. The number of benzene rings is 2. The molecule has 5 rings (SSSR count). The smallest absolute Gasteiger partial charge is 0.191 e. The van der Waals surface area contributed by atoms with Gasteiger partial charge in [-0.15, -0.1) is 10.2 Å². The normalized spacial score (nSPS) is 15.2. The Morgan fingerprint density at radius 2 is 1.87 bits per heavy atom. The number of thioether (sulfide) groups is 1. The van der Waals surface area contributed by atoms with E-state index in [9.17, 15) is 4.79 Å². The van der Waals surface area contributed by atoms with Crippen LogP contribution in [0.2, 0.25) is 0 Å². The minimum Gasteiger partial charge on any atom is -0.496 e. The van der Waals surface area contributed by atoms with Crippen LogP contribution < -0.4 is 4.74 Å². The highest BCUT2D eigenvalue weighted by Crippen LogP contribution is 2.32. The Balaban J connectivity index is 1.36. The molecular weight excluding hydrogens is 496 g/mol.